The molecular weight excluding hydrogens is 288 g/mol. The largest absolute Gasteiger partial charge is 0.301 e. The van der Waals surface area contributed by atoms with Crippen molar-refractivity contribution >= 4 is 17.4 Å². The van der Waals surface area contributed by atoms with E-state index in [1.165, 1.54) is 103 Å². The monoisotopic (exact) mass is 326 g/mol. The lowest BCUT2D eigenvalue weighted by Gasteiger charge is -2.03. The molecule has 0 bridgehead atoms. The first-order valence-corrected chi connectivity index (χ1v) is 10.1. The molecule has 0 aliphatic heterocycles. The van der Waals surface area contributed by atoms with Gasteiger partial charge in [0.15, 0.2) is 0 Å². The standard InChI is InChI=1S/C19H38N2S/c1-2-3-4-5-6-7-8-9-10-11-12-13-14-15-16-17-18-20-21-19-22/h20H,2-18H2,1H3. The van der Waals surface area contributed by atoms with Crippen LogP contribution in [-0.2, 0) is 0 Å². The molecule has 0 aromatic carbocycles. The molecule has 130 valence electrons. The second-order valence-corrected chi connectivity index (χ2v) is 6.60. The average molecular weight is 327 g/mol. The summed E-state index contributed by atoms with van der Waals surface area (Å²) in [5, 5.41) is 6.01. The zero-order valence-corrected chi connectivity index (χ0v) is 15.7. The molecule has 0 atom stereocenters. The van der Waals surface area contributed by atoms with Gasteiger partial charge in [-0.15, -0.1) is 5.10 Å². The van der Waals surface area contributed by atoms with Gasteiger partial charge in [0.2, 0.25) is 0 Å². The van der Waals surface area contributed by atoms with E-state index in [0.29, 0.717) is 0 Å². The third kappa shape index (κ3) is 19.6. The fourth-order valence-electron chi connectivity index (χ4n) is 2.84. The number of hydrogen-bond acceptors (Lipinski definition) is 3. The Labute approximate surface area is 144 Å². The van der Waals surface area contributed by atoms with Crippen molar-refractivity contribution < 1.29 is 0 Å². The Balaban J connectivity index is 2.95. The highest BCUT2D eigenvalue weighted by atomic mass is 32.1. The third-order valence-corrected chi connectivity index (χ3v) is 4.36. The van der Waals surface area contributed by atoms with E-state index >= 15 is 0 Å². The van der Waals surface area contributed by atoms with E-state index in [9.17, 15) is 0 Å². The highest BCUT2D eigenvalue weighted by Crippen LogP contribution is 2.13. The fraction of sp³-hybridized carbons (Fsp3) is 0.947. The summed E-state index contributed by atoms with van der Waals surface area (Å²) in [6.07, 6.45) is 22.6. The Kier molecular flexibility index (Phi) is 20.2. The summed E-state index contributed by atoms with van der Waals surface area (Å²) in [6, 6.07) is 0. The predicted molar refractivity (Wildman–Crippen MR) is 103 cm³/mol. The smallest absolute Gasteiger partial charge is 0.0843 e. The molecule has 0 fully saturated rings. The molecule has 0 heterocycles. The van der Waals surface area contributed by atoms with Crippen molar-refractivity contribution in [3.63, 3.8) is 0 Å². The molecule has 2 nitrogen and oxygen atoms in total. The first-order chi connectivity index (χ1) is 10.9. The second-order valence-electron chi connectivity index (χ2n) is 6.41. The van der Waals surface area contributed by atoms with Crippen molar-refractivity contribution in [2.75, 3.05) is 6.54 Å². The number of rotatable bonds is 18. The summed E-state index contributed by atoms with van der Waals surface area (Å²) in [4.78, 5) is 0. The van der Waals surface area contributed by atoms with Gasteiger partial charge in [-0.1, -0.05) is 103 Å². The lowest BCUT2D eigenvalue weighted by atomic mass is 10.0. The van der Waals surface area contributed by atoms with Gasteiger partial charge in [-0.05, 0) is 18.6 Å². The van der Waals surface area contributed by atoms with Crippen LogP contribution in [0.2, 0.25) is 0 Å². The molecule has 0 saturated heterocycles. The van der Waals surface area contributed by atoms with Crippen molar-refractivity contribution in [1.29, 1.82) is 0 Å². The molecular formula is C19H38N2S. The number of isothiocyanates is 1. The van der Waals surface area contributed by atoms with Gasteiger partial charge in [0, 0.05) is 6.54 Å². The highest BCUT2D eigenvalue weighted by Gasteiger charge is 1.94. The van der Waals surface area contributed by atoms with Gasteiger partial charge in [0.1, 0.15) is 0 Å². The van der Waals surface area contributed by atoms with Crippen LogP contribution in [0.3, 0.4) is 0 Å². The number of hydrazone groups is 1. The molecule has 0 radical (unpaired) electrons. The van der Waals surface area contributed by atoms with Gasteiger partial charge < -0.3 is 5.43 Å². The van der Waals surface area contributed by atoms with E-state index in [1.54, 1.807) is 0 Å². The number of unbranched alkanes of at least 4 members (excludes halogenated alkanes) is 15. The molecule has 0 spiro atoms. The number of thiocarbonyl (C=S) groups is 1. The van der Waals surface area contributed by atoms with Crippen LogP contribution in [0.25, 0.3) is 0 Å². The molecule has 22 heavy (non-hydrogen) atoms. The van der Waals surface area contributed by atoms with Crippen LogP contribution in [0, 0.1) is 0 Å². The Morgan fingerprint density at radius 3 is 1.36 bits per heavy atom. The molecule has 0 aromatic rings. The molecule has 0 aliphatic carbocycles. The summed E-state index contributed by atoms with van der Waals surface area (Å²) in [5.41, 5.74) is 2.89. The quantitative estimate of drug-likeness (QED) is 0.129. The van der Waals surface area contributed by atoms with Crippen LogP contribution in [0.4, 0.5) is 0 Å². The van der Waals surface area contributed by atoms with Crippen LogP contribution in [0.5, 0.6) is 0 Å². The summed E-state index contributed by atoms with van der Waals surface area (Å²) in [6.45, 7) is 3.22. The van der Waals surface area contributed by atoms with Gasteiger partial charge in [-0.3, -0.25) is 0 Å². The van der Waals surface area contributed by atoms with Crippen molar-refractivity contribution in [1.82, 2.24) is 5.43 Å². The third-order valence-electron chi connectivity index (χ3n) is 4.27. The molecule has 0 aliphatic rings. The van der Waals surface area contributed by atoms with Crippen LogP contribution in [-0.4, -0.2) is 11.7 Å². The molecule has 0 rings (SSSR count). The molecule has 3 heteroatoms. The second kappa shape index (κ2) is 20.6. The van der Waals surface area contributed by atoms with Gasteiger partial charge in [0.25, 0.3) is 0 Å². The lowest BCUT2D eigenvalue weighted by Crippen LogP contribution is -2.05. The molecule has 1 N–H and O–H groups in total. The van der Waals surface area contributed by atoms with Gasteiger partial charge in [0.05, 0.1) is 5.16 Å². The minimum atomic E-state index is 0.933. The maximum atomic E-state index is 4.49. The summed E-state index contributed by atoms with van der Waals surface area (Å²) in [7, 11) is 0. The van der Waals surface area contributed by atoms with E-state index < -0.39 is 0 Å². The zero-order valence-electron chi connectivity index (χ0n) is 14.9. The first kappa shape index (κ1) is 21.6. The maximum absolute atomic E-state index is 4.49. The Morgan fingerprint density at radius 1 is 0.636 bits per heavy atom. The Morgan fingerprint density at radius 2 is 1.00 bits per heavy atom. The highest BCUT2D eigenvalue weighted by molar-refractivity contribution is 7.78. The van der Waals surface area contributed by atoms with Gasteiger partial charge >= 0.3 is 0 Å². The number of nitrogens with one attached hydrogen (secondary N) is 1. The molecule has 0 saturated carbocycles. The topological polar surface area (TPSA) is 24.4 Å². The van der Waals surface area contributed by atoms with Gasteiger partial charge in [-0.25, -0.2) is 0 Å². The van der Waals surface area contributed by atoms with Crippen molar-refractivity contribution in [2.45, 2.75) is 110 Å². The summed E-state index contributed by atoms with van der Waals surface area (Å²) in [5.74, 6) is 0. The summed E-state index contributed by atoms with van der Waals surface area (Å²) >= 11 is 4.49. The van der Waals surface area contributed by atoms with E-state index in [2.05, 4.69) is 34.8 Å². The van der Waals surface area contributed by atoms with Crippen LogP contribution >= 0.6 is 12.2 Å². The van der Waals surface area contributed by atoms with Crippen molar-refractivity contribution in [2.24, 2.45) is 5.10 Å². The minimum absolute atomic E-state index is 0.933. The number of hydrogen-bond donors (Lipinski definition) is 1. The Hall–Kier alpha value is -0.400. The first-order valence-electron chi connectivity index (χ1n) is 9.71. The van der Waals surface area contributed by atoms with Crippen LogP contribution in [0.1, 0.15) is 110 Å². The van der Waals surface area contributed by atoms with E-state index in [1.807, 2.05) is 0 Å². The zero-order chi connectivity index (χ0) is 16.1. The minimum Gasteiger partial charge on any atom is -0.301 e. The summed E-state index contributed by atoms with van der Waals surface area (Å²) < 4.78 is 0. The number of nitrogens with zero attached hydrogens (tertiary/aromatic N) is 1. The maximum Gasteiger partial charge on any atom is 0.0843 e. The van der Waals surface area contributed by atoms with E-state index in [-0.39, 0.29) is 0 Å². The SMILES string of the molecule is CCCCCCCCCCCCCCCCCCNN=C=S. The molecule has 0 amide bonds. The van der Waals surface area contributed by atoms with E-state index in [0.717, 1.165) is 6.54 Å². The lowest BCUT2D eigenvalue weighted by molar-refractivity contribution is 0.527. The Bertz CT molecular complexity index is 250. The molecule has 0 aromatic heterocycles. The van der Waals surface area contributed by atoms with Crippen molar-refractivity contribution in [3.8, 4) is 0 Å². The van der Waals surface area contributed by atoms with Gasteiger partial charge in [-0.2, -0.15) is 0 Å². The van der Waals surface area contributed by atoms with Crippen LogP contribution in [0.15, 0.2) is 5.10 Å². The van der Waals surface area contributed by atoms with E-state index in [4.69, 9.17) is 0 Å². The van der Waals surface area contributed by atoms with Crippen LogP contribution < -0.4 is 5.43 Å². The molecule has 0 unspecified atom stereocenters. The fourth-order valence-corrected chi connectivity index (χ4v) is 2.90. The average Bonchev–Trinajstić information content (AvgIpc) is 2.54. The predicted octanol–water partition coefficient (Wildman–Crippen LogP) is 6.86. The normalized spacial score (nSPS) is 10.4. The van der Waals surface area contributed by atoms with Crippen molar-refractivity contribution in [3.05, 3.63) is 0 Å².